The van der Waals surface area contributed by atoms with Gasteiger partial charge in [-0.1, -0.05) is 13.8 Å². The number of nitrogens with one attached hydrogen (secondary N) is 1. The van der Waals surface area contributed by atoms with Gasteiger partial charge < -0.3 is 19.7 Å². The van der Waals surface area contributed by atoms with Gasteiger partial charge in [0.15, 0.2) is 5.65 Å². The molecule has 0 spiro atoms. The van der Waals surface area contributed by atoms with Gasteiger partial charge in [-0.15, -0.1) is 11.8 Å². The van der Waals surface area contributed by atoms with Gasteiger partial charge in [0, 0.05) is 79.7 Å². The summed E-state index contributed by atoms with van der Waals surface area (Å²) in [6.45, 7) is 5.16. The molecule has 46 heavy (non-hydrogen) atoms. The van der Waals surface area contributed by atoms with Crippen LogP contribution >= 0.6 is 11.8 Å². The van der Waals surface area contributed by atoms with Crippen molar-refractivity contribution in [3.63, 3.8) is 0 Å². The van der Waals surface area contributed by atoms with Crippen LogP contribution in [0.25, 0.3) is 16.9 Å². The van der Waals surface area contributed by atoms with E-state index < -0.39 is 12.5 Å². The first-order chi connectivity index (χ1) is 22.2. The predicted octanol–water partition coefficient (Wildman–Crippen LogP) is 4.27. The highest BCUT2D eigenvalue weighted by atomic mass is 32.2. The molecule has 0 radical (unpaired) electrons. The van der Waals surface area contributed by atoms with Crippen molar-refractivity contribution in [1.82, 2.24) is 34.2 Å². The zero-order chi connectivity index (χ0) is 32.2. The molecule has 1 N–H and O–H groups in total. The standard InChI is InChI=1S/C31H36F2N8O4S/c1-20(2)46-22-4-5-26(45-31(32)33)23(16-22)28-25(36-30(43)24-17-35-41-9-3-8-34-29(24)41)18-40(37-28)19-27(42)39-12-10-38(11-13-39)21-6-14-44-15-7-21/h3-5,8-9,16-18,20-21,31H,6-7,10-15,19H2,1-2H3,(H,36,43). The fourth-order valence-electron chi connectivity index (χ4n) is 5.83. The molecule has 0 saturated carbocycles. The fraction of sp³-hybridized carbons (Fsp3) is 0.452. The predicted molar refractivity (Wildman–Crippen MR) is 168 cm³/mol. The summed E-state index contributed by atoms with van der Waals surface area (Å²) in [6.07, 6.45) is 8.16. The smallest absolute Gasteiger partial charge is 0.387 e. The lowest BCUT2D eigenvalue weighted by Crippen LogP contribution is -2.53. The number of amides is 2. The van der Waals surface area contributed by atoms with E-state index >= 15 is 0 Å². The summed E-state index contributed by atoms with van der Waals surface area (Å²) < 4.78 is 40.3. The third-order valence-corrected chi connectivity index (χ3v) is 9.00. The second-order valence-corrected chi connectivity index (χ2v) is 13.1. The summed E-state index contributed by atoms with van der Waals surface area (Å²) >= 11 is 1.54. The Bertz CT molecular complexity index is 1680. The van der Waals surface area contributed by atoms with E-state index in [4.69, 9.17) is 9.47 Å². The van der Waals surface area contributed by atoms with E-state index in [1.807, 2.05) is 18.7 Å². The first kappa shape index (κ1) is 31.9. The highest BCUT2D eigenvalue weighted by molar-refractivity contribution is 7.99. The van der Waals surface area contributed by atoms with E-state index in [1.165, 1.54) is 27.7 Å². The molecule has 0 unspecified atom stereocenters. The molecule has 5 heterocycles. The third-order valence-electron chi connectivity index (χ3n) is 8.00. The van der Waals surface area contributed by atoms with Gasteiger partial charge in [-0.05, 0) is 37.1 Å². The summed E-state index contributed by atoms with van der Waals surface area (Å²) in [4.78, 5) is 36.2. The summed E-state index contributed by atoms with van der Waals surface area (Å²) in [6, 6.07) is 7.05. The number of anilines is 1. The number of carbonyl (C=O) groups excluding carboxylic acids is 2. The zero-order valence-corrected chi connectivity index (χ0v) is 26.5. The molecular formula is C31H36F2N8O4S. The average molecular weight is 655 g/mol. The largest absolute Gasteiger partial charge is 0.434 e. The van der Waals surface area contributed by atoms with E-state index in [-0.39, 0.29) is 46.0 Å². The molecule has 12 nitrogen and oxygen atoms in total. The highest BCUT2D eigenvalue weighted by Gasteiger charge is 2.28. The van der Waals surface area contributed by atoms with E-state index in [0.717, 1.165) is 44.0 Å². The average Bonchev–Trinajstić information content (AvgIpc) is 3.66. The molecule has 244 valence electrons. The fourth-order valence-corrected chi connectivity index (χ4v) is 6.71. The van der Waals surface area contributed by atoms with Gasteiger partial charge in [-0.3, -0.25) is 19.2 Å². The number of hydrogen-bond donors (Lipinski definition) is 1. The number of halogens is 2. The van der Waals surface area contributed by atoms with Crippen LogP contribution < -0.4 is 10.1 Å². The number of thioether (sulfide) groups is 1. The lowest BCUT2D eigenvalue weighted by atomic mass is 10.1. The van der Waals surface area contributed by atoms with E-state index in [0.29, 0.717) is 24.8 Å². The molecular weight excluding hydrogens is 618 g/mol. The minimum absolute atomic E-state index is 0.0934. The number of hydrogen-bond acceptors (Lipinski definition) is 9. The molecule has 15 heteroatoms. The topological polar surface area (TPSA) is 119 Å². The number of carbonyl (C=O) groups is 2. The summed E-state index contributed by atoms with van der Waals surface area (Å²) in [5.74, 6) is -0.746. The molecule has 3 aromatic heterocycles. The van der Waals surface area contributed by atoms with Crippen molar-refractivity contribution in [3.8, 4) is 17.0 Å². The summed E-state index contributed by atoms with van der Waals surface area (Å²) in [5.41, 5.74) is 1.24. The highest BCUT2D eigenvalue weighted by Crippen LogP contribution is 2.39. The van der Waals surface area contributed by atoms with Gasteiger partial charge in [0.25, 0.3) is 5.91 Å². The first-order valence-electron chi connectivity index (χ1n) is 15.3. The molecule has 1 aromatic carbocycles. The number of fused-ring (bicyclic) bond motifs is 1. The Balaban J connectivity index is 1.28. The van der Waals surface area contributed by atoms with Crippen molar-refractivity contribution < 1.29 is 27.8 Å². The van der Waals surface area contributed by atoms with Gasteiger partial charge in [0.1, 0.15) is 23.6 Å². The Morgan fingerprint density at radius 1 is 1.15 bits per heavy atom. The molecule has 0 aliphatic carbocycles. The van der Waals surface area contributed by atoms with Crippen LogP contribution in [0.2, 0.25) is 0 Å². The van der Waals surface area contributed by atoms with Crippen LogP contribution in [0.15, 0.2) is 53.9 Å². The number of alkyl halides is 2. The van der Waals surface area contributed by atoms with Crippen LogP contribution in [-0.2, 0) is 16.1 Å². The van der Waals surface area contributed by atoms with E-state index in [2.05, 4.69) is 25.4 Å². The Morgan fingerprint density at radius 3 is 2.67 bits per heavy atom. The van der Waals surface area contributed by atoms with Crippen LogP contribution in [0.1, 0.15) is 37.0 Å². The third kappa shape index (κ3) is 7.32. The summed E-state index contributed by atoms with van der Waals surface area (Å²) in [7, 11) is 0. The van der Waals surface area contributed by atoms with Crippen LogP contribution in [0, 0.1) is 0 Å². The quantitative estimate of drug-likeness (QED) is 0.250. The Kier molecular flexibility index (Phi) is 9.80. The number of benzene rings is 1. The van der Waals surface area contributed by atoms with Crippen molar-refractivity contribution in [3.05, 3.63) is 54.6 Å². The van der Waals surface area contributed by atoms with Gasteiger partial charge >= 0.3 is 6.61 Å². The molecule has 2 aliphatic heterocycles. The van der Waals surface area contributed by atoms with E-state index in [9.17, 15) is 18.4 Å². The maximum absolute atomic E-state index is 13.5. The number of rotatable bonds is 10. The Labute approximate surface area is 269 Å². The van der Waals surface area contributed by atoms with Crippen LogP contribution in [0.3, 0.4) is 0 Å². The van der Waals surface area contributed by atoms with Gasteiger partial charge in [0.2, 0.25) is 5.91 Å². The maximum Gasteiger partial charge on any atom is 0.387 e. The van der Waals surface area contributed by atoms with Crippen molar-refractivity contribution in [2.75, 3.05) is 44.7 Å². The number of aromatic nitrogens is 5. The Morgan fingerprint density at radius 2 is 1.93 bits per heavy atom. The second-order valence-electron chi connectivity index (χ2n) is 11.5. The second kappa shape index (κ2) is 14.1. The molecule has 6 rings (SSSR count). The monoisotopic (exact) mass is 654 g/mol. The molecule has 2 amide bonds. The molecule has 2 saturated heterocycles. The molecule has 0 atom stereocenters. The minimum atomic E-state index is -3.08. The lowest BCUT2D eigenvalue weighted by Gasteiger charge is -2.40. The van der Waals surface area contributed by atoms with Crippen molar-refractivity contribution in [2.45, 2.75) is 56.0 Å². The minimum Gasteiger partial charge on any atom is -0.434 e. The normalized spacial score (nSPS) is 16.4. The SMILES string of the molecule is CC(C)Sc1ccc(OC(F)F)c(-c2nn(CC(=O)N3CCN(C4CCOCC4)CC3)cc2NC(=O)c2cnn3cccnc23)c1. The lowest BCUT2D eigenvalue weighted by molar-refractivity contribution is -0.134. The number of piperazine rings is 1. The number of nitrogens with zero attached hydrogens (tertiary/aromatic N) is 7. The summed E-state index contributed by atoms with van der Waals surface area (Å²) in [5, 5.41) is 11.9. The molecule has 2 aliphatic rings. The van der Waals surface area contributed by atoms with Crippen molar-refractivity contribution >= 4 is 34.9 Å². The van der Waals surface area contributed by atoms with Crippen LogP contribution in [0.5, 0.6) is 5.75 Å². The van der Waals surface area contributed by atoms with E-state index in [1.54, 1.807) is 42.4 Å². The zero-order valence-electron chi connectivity index (χ0n) is 25.6. The van der Waals surface area contributed by atoms with Crippen LogP contribution in [0.4, 0.5) is 14.5 Å². The first-order valence-corrected chi connectivity index (χ1v) is 16.2. The van der Waals surface area contributed by atoms with Crippen molar-refractivity contribution in [1.29, 1.82) is 0 Å². The van der Waals surface area contributed by atoms with Gasteiger partial charge in [-0.25, -0.2) is 9.50 Å². The Hall–Kier alpha value is -4.08. The molecule has 0 bridgehead atoms. The molecule has 2 fully saturated rings. The number of ether oxygens (including phenoxy) is 2. The van der Waals surface area contributed by atoms with Gasteiger partial charge in [-0.2, -0.15) is 19.0 Å². The van der Waals surface area contributed by atoms with Gasteiger partial charge in [0.05, 0.1) is 11.9 Å². The van der Waals surface area contributed by atoms with Crippen molar-refractivity contribution in [2.24, 2.45) is 0 Å². The molecule has 4 aromatic rings. The van der Waals surface area contributed by atoms with Crippen LogP contribution in [-0.4, -0.2) is 103 Å². The maximum atomic E-state index is 13.5.